The molecule has 6 rings (SSSR count). The quantitative estimate of drug-likeness (QED) is 0.429. The predicted molar refractivity (Wildman–Crippen MR) is 133 cm³/mol. The lowest BCUT2D eigenvalue weighted by Gasteiger charge is -2.39. The molecule has 188 valence electrons. The number of nitriles is 1. The standard InChI is InChI=1S/C26H24FN7O2S/c1-15-22(12-31-34(15)21-7-19-3-4-20(8-21)33(19)25(36)14-35)16-6-23(37-24-5-2-18(27)11-29-24)26-17(9-28)10-30-32(26)13-16/h2,5-6,10-13,19-21,35H,3-4,7-8,14H2,1H3/t19-,20?,21?/m1/s1. The van der Waals surface area contributed by atoms with Gasteiger partial charge in [0.1, 0.15) is 23.5 Å². The lowest BCUT2D eigenvalue weighted by Crippen LogP contribution is -2.48. The van der Waals surface area contributed by atoms with Crippen LogP contribution < -0.4 is 0 Å². The second-order valence-corrected chi connectivity index (χ2v) is 10.6. The van der Waals surface area contributed by atoms with Gasteiger partial charge in [-0.3, -0.25) is 9.48 Å². The molecule has 0 aromatic carbocycles. The fourth-order valence-electron chi connectivity index (χ4n) is 5.84. The van der Waals surface area contributed by atoms with Crippen LogP contribution in [0.25, 0.3) is 16.6 Å². The van der Waals surface area contributed by atoms with E-state index < -0.39 is 12.4 Å². The van der Waals surface area contributed by atoms with Crippen LogP contribution in [0.2, 0.25) is 0 Å². The van der Waals surface area contributed by atoms with Gasteiger partial charge in [0.2, 0.25) is 5.91 Å². The van der Waals surface area contributed by atoms with Crippen molar-refractivity contribution in [2.45, 2.75) is 60.7 Å². The number of hydrogen-bond donors (Lipinski definition) is 1. The minimum absolute atomic E-state index is 0.131. The summed E-state index contributed by atoms with van der Waals surface area (Å²) in [5, 5.41) is 28.7. The van der Waals surface area contributed by atoms with Crippen LogP contribution >= 0.6 is 11.8 Å². The molecule has 2 unspecified atom stereocenters. The molecular formula is C26H24FN7O2S. The first-order chi connectivity index (χ1) is 18.0. The summed E-state index contributed by atoms with van der Waals surface area (Å²) in [6.07, 6.45) is 9.98. The van der Waals surface area contributed by atoms with Crippen LogP contribution in [0.4, 0.5) is 4.39 Å². The smallest absolute Gasteiger partial charge is 0.248 e. The molecule has 4 aromatic heterocycles. The SMILES string of the molecule is Cc1c(-c2cc(Sc3ccc(F)cn3)c3c(C#N)cnn3c2)cnn1C1CC2CC[C@H](C1)N2C(=O)CO. The number of hydrogen-bond acceptors (Lipinski definition) is 7. The summed E-state index contributed by atoms with van der Waals surface area (Å²) in [7, 11) is 0. The average molecular weight is 518 g/mol. The summed E-state index contributed by atoms with van der Waals surface area (Å²) in [4.78, 5) is 19.1. The molecule has 2 aliphatic rings. The Kier molecular flexibility index (Phi) is 5.93. The number of rotatable bonds is 5. The Hall–Kier alpha value is -3.75. The highest BCUT2D eigenvalue weighted by atomic mass is 32.2. The van der Waals surface area contributed by atoms with Gasteiger partial charge in [0.25, 0.3) is 0 Å². The molecule has 2 saturated heterocycles. The Morgan fingerprint density at radius 1 is 1.19 bits per heavy atom. The number of aromatic nitrogens is 5. The summed E-state index contributed by atoms with van der Waals surface area (Å²) in [5.74, 6) is -0.595. The minimum Gasteiger partial charge on any atom is -0.387 e. The number of nitrogens with zero attached hydrogens (tertiary/aromatic N) is 7. The molecule has 2 bridgehead atoms. The van der Waals surface area contributed by atoms with E-state index in [-0.39, 0.29) is 24.0 Å². The van der Waals surface area contributed by atoms with Crippen molar-refractivity contribution in [1.29, 1.82) is 5.26 Å². The Morgan fingerprint density at radius 2 is 1.97 bits per heavy atom. The van der Waals surface area contributed by atoms with E-state index in [1.165, 1.54) is 30.2 Å². The third-order valence-electron chi connectivity index (χ3n) is 7.45. The Labute approximate surface area is 216 Å². The van der Waals surface area contributed by atoms with Crippen molar-refractivity contribution in [3.05, 3.63) is 60.1 Å². The number of fused-ring (bicyclic) bond motifs is 3. The molecule has 0 aliphatic carbocycles. The van der Waals surface area contributed by atoms with Crippen LogP contribution in [0.1, 0.15) is 43.0 Å². The molecular weight excluding hydrogens is 493 g/mol. The first-order valence-electron chi connectivity index (χ1n) is 12.1. The lowest BCUT2D eigenvalue weighted by molar-refractivity contribution is -0.139. The minimum atomic E-state index is -0.445. The van der Waals surface area contributed by atoms with Crippen molar-refractivity contribution in [3.63, 3.8) is 0 Å². The van der Waals surface area contributed by atoms with Gasteiger partial charge in [-0.1, -0.05) is 11.8 Å². The van der Waals surface area contributed by atoms with Crippen molar-refractivity contribution < 1.29 is 14.3 Å². The molecule has 37 heavy (non-hydrogen) atoms. The maximum atomic E-state index is 13.4. The zero-order chi connectivity index (χ0) is 25.7. The molecule has 0 saturated carbocycles. The van der Waals surface area contributed by atoms with Crippen LogP contribution in [0.5, 0.6) is 0 Å². The highest BCUT2D eigenvalue weighted by Crippen LogP contribution is 2.42. The second-order valence-electron chi connectivity index (χ2n) is 9.53. The largest absolute Gasteiger partial charge is 0.387 e. The molecule has 6 heterocycles. The van der Waals surface area contributed by atoms with E-state index in [0.29, 0.717) is 16.1 Å². The Balaban J connectivity index is 1.35. The van der Waals surface area contributed by atoms with E-state index in [1.807, 2.05) is 30.3 Å². The molecule has 1 amide bonds. The van der Waals surface area contributed by atoms with Crippen LogP contribution in [0.15, 0.2) is 52.9 Å². The maximum Gasteiger partial charge on any atom is 0.248 e. The summed E-state index contributed by atoms with van der Waals surface area (Å²) in [6.45, 7) is 1.59. The van der Waals surface area contributed by atoms with E-state index in [4.69, 9.17) is 5.10 Å². The number of carbonyl (C=O) groups is 1. The number of carbonyl (C=O) groups excluding carboxylic acids is 1. The van der Waals surface area contributed by atoms with Gasteiger partial charge in [0, 0.05) is 40.0 Å². The topological polar surface area (TPSA) is 112 Å². The van der Waals surface area contributed by atoms with E-state index >= 15 is 0 Å². The average Bonchev–Trinajstić information content (AvgIpc) is 3.58. The summed E-state index contributed by atoms with van der Waals surface area (Å²) >= 11 is 1.35. The first kappa shape index (κ1) is 23.6. The van der Waals surface area contributed by atoms with E-state index in [1.54, 1.807) is 10.6 Å². The molecule has 4 aromatic rings. The molecule has 2 fully saturated rings. The third kappa shape index (κ3) is 4.06. The number of piperidine rings is 1. The molecule has 0 radical (unpaired) electrons. The zero-order valence-electron chi connectivity index (χ0n) is 20.1. The first-order valence-corrected chi connectivity index (χ1v) is 13.0. The number of halogens is 1. The van der Waals surface area contributed by atoms with Gasteiger partial charge in [-0.15, -0.1) is 0 Å². The fourth-order valence-corrected chi connectivity index (χ4v) is 6.79. The second kappa shape index (κ2) is 9.28. The van der Waals surface area contributed by atoms with Crippen molar-refractivity contribution >= 4 is 23.2 Å². The van der Waals surface area contributed by atoms with Crippen LogP contribution in [-0.4, -0.2) is 59.0 Å². The third-order valence-corrected chi connectivity index (χ3v) is 8.43. The van der Waals surface area contributed by atoms with Crippen LogP contribution in [-0.2, 0) is 4.79 Å². The lowest BCUT2D eigenvalue weighted by atomic mass is 9.96. The van der Waals surface area contributed by atoms with Crippen molar-refractivity contribution in [2.75, 3.05) is 6.61 Å². The molecule has 9 nitrogen and oxygen atoms in total. The maximum absolute atomic E-state index is 13.4. The monoisotopic (exact) mass is 517 g/mol. The Bertz CT molecular complexity index is 1530. The van der Waals surface area contributed by atoms with Gasteiger partial charge in [-0.25, -0.2) is 13.9 Å². The molecule has 1 N–H and O–H groups in total. The Morgan fingerprint density at radius 3 is 2.65 bits per heavy atom. The summed E-state index contributed by atoms with van der Waals surface area (Å²) in [5.41, 5.74) is 3.97. The fraction of sp³-hybridized carbons (Fsp3) is 0.346. The van der Waals surface area contributed by atoms with Gasteiger partial charge in [0.05, 0.1) is 35.7 Å². The molecule has 0 spiro atoms. The number of aliphatic hydroxyl groups is 1. The van der Waals surface area contributed by atoms with Crippen molar-refractivity contribution in [2.24, 2.45) is 0 Å². The highest BCUT2D eigenvalue weighted by molar-refractivity contribution is 7.99. The van der Waals surface area contributed by atoms with E-state index in [2.05, 4.69) is 20.8 Å². The van der Waals surface area contributed by atoms with E-state index in [9.17, 15) is 19.6 Å². The van der Waals surface area contributed by atoms with Crippen molar-refractivity contribution in [3.8, 4) is 17.2 Å². The number of amides is 1. The normalized spacial score (nSPS) is 20.9. The van der Waals surface area contributed by atoms with Crippen LogP contribution in [0.3, 0.4) is 0 Å². The summed E-state index contributed by atoms with van der Waals surface area (Å²) in [6, 6.07) is 7.59. The van der Waals surface area contributed by atoms with Gasteiger partial charge >= 0.3 is 0 Å². The van der Waals surface area contributed by atoms with Gasteiger partial charge in [0.15, 0.2) is 0 Å². The predicted octanol–water partition coefficient (Wildman–Crippen LogP) is 3.75. The number of aliphatic hydroxyl groups excluding tert-OH is 1. The highest BCUT2D eigenvalue weighted by Gasteiger charge is 2.44. The molecule has 2 aliphatic heterocycles. The van der Waals surface area contributed by atoms with E-state index in [0.717, 1.165) is 47.4 Å². The van der Waals surface area contributed by atoms with Crippen molar-refractivity contribution in [1.82, 2.24) is 29.3 Å². The van der Waals surface area contributed by atoms with Gasteiger partial charge in [-0.05, 0) is 50.8 Å². The summed E-state index contributed by atoms with van der Waals surface area (Å²) < 4.78 is 17.1. The molecule has 3 atom stereocenters. The van der Waals surface area contributed by atoms with Gasteiger partial charge < -0.3 is 10.0 Å². The van der Waals surface area contributed by atoms with Crippen LogP contribution in [0, 0.1) is 24.1 Å². The van der Waals surface area contributed by atoms with Gasteiger partial charge in [-0.2, -0.15) is 15.5 Å². The molecule has 11 heteroatoms. The zero-order valence-corrected chi connectivity index (χ0v) is 20.9. The number of pyridine rings is 2.